The maximum Gasteiger partial charge on any atom is 0.270 e. The van der Waals surface area contributed by atoms with Gasteiger partial charge in [0, 0.05) is 62.4 Å². The van der Waals surface area contributed by atoms with Crippen LogP contribution in [-0.2, 0) is 4.74 Å². The Bertz CT molecular complexity index is 1480. The average Bonchev–Trinajstić information content (AvgIpc) is 3.47. The molecule has 0 radical (unpaired) electrons. The van der Waals surface area contributed by atoms with Crippen LogP contribution < -0.4 is 10.1 Å². The number of carbonyl (C=O) groups is 1. The molecule has 3 aromatic rings. The molecule has 3 aliphatic rings. The number of nitrogens with one attached hydrogen (secondary N) is 1. The van der Waals surface area contributed by atoms with Gasteiger partial charge in [0.05, 0.1) is 6.04 Å². The largest absolute Gasteiger partial charge is 0.457 e. The number of benzene rings is 1. The Kier molecular flexibility index (Phi) is 8.24. The van der Waals surface area contributed by atoms with Crippen molar-refractivity contribution in [3.05, 3.63) is 103 Å². The second-order valence-corrected chi connectivity index (χ2v) is 11.6. The standard InChI is InChI=1S/C34H39N5O3/c1-3-26(38-18-12-34(13-19-38)14-21-41-22-15-34)23-31-25(2)9-10-29(32-36-17-20-39(31)32)37-33(40)30-24-28(11-16-35-30)42-27-7-5-4-6-8-27/h3-8,11,16-17,20,23-24,29H,1,9-10,12-15,18-19,21-22H2,2H3,(H,37,40)/b26-23+. The zero-order valence-electron chi connectivity index (χ0n) is 24.3. The van der Waals surface area contributed by atoms with Gasteiger partial charge in [0.15, 0.2) is 0 Å². The van der Waals surface area contributed by atoms with Gasteiger partial charge >= 0.3 is 0 Å². The first-order valence-electron chi connectivity index (χ1n) is 14.9. The summed E-state index contributed by atoms with van der Waals surface area (Å²) in [7, 11) is 0. The summed E-state index contributed by atoms with van der Waals surface area (Å²) in [5, 5.41) is 3.18. The predicted octanol–water partition coefficient (Wildman–Crippen LogP) is 6.53. The van der Waals surface area contributed by atoms with Crippen LogP contribution in [0, 0.1) is 5.41 Å². The lowest BCUT2D eigenvalue weighted by molar-refractivity contribution is -0.0151. The van der Waals surface area contributed by atoms with Gasteiger partial charge in [0.25, 0.3) is 5.91 Å². The quantitative estimate of drug-likeness (QED) is 0.328. The van der Waals surface area contributed by atoms with E-state index in [1.807, 2.05) is 42.6 Å². The molecule has 218 valence electrons. The van der Waals surface area contributed by atoms with Gasteiger partial charge in [-0.15, -0.1) is 0 Å². The normalized spacial score (nSPS) is 20.5. The summed E-state index contributed by atoms with van der Waals surface area (Å²) in [6.45, 7) is 10.2. The van der Waals surface area contributed by atoms with Crippen LogP contribution in [0.15, 0.2) is 91.1 Å². The third-order valence-corrected chi connectivity index (χ3v) is 8.97. The summed E-state index contributed by atoms with van der Waals surface area (Å²) < 4.78 is 13.7. The van der Waals surface area contributed by atoms with Crippen LogP contribution in [0.2, 0.25) is 0 Å². The molecule has 3 aliphatic heterocycles. The van der Waals surface area contributed by atoms with E-state index in [4.69, 9.17) is 14.5 Å². The molecule has 1 N–H and O–H groups in total. The highest BCUT2D eigenvalue weighted by molar-refractivity contribution is 5.92. The molecule has 5 heterocycles. The highest BCUT2D eigenvalue weighted by atomic mass is 16.5. The summed E-state index contributed by atoms with van der Waals surface area (Å²) in [6, 6.07) is 12.6. The third kappa shape index (κ3) is 6.04. The number of carbonyl (C=O) groups excluding carboxylic acids is 1. The van der Waals surface area contributed by atoms with Crippen molar-refractivity contribution in [1.82, 2.24) is 24.8 Å². The van der Waals surface area contributed by atoms with Crippen molar-refractivity contribution in [1.29, 1.82) is 0 Å². The van der Waals surface area contributed by atoms with E-state index in [0.29, 0.717) is 22.6 Å². The number of ether oxygens (including phenoxy) is 2. The number of likely N-dealkylation sites (tertiary alicyclic amines) is 1. The number of rotatable bonds is 7. The molecule has 8 heteroatoms. The molecule has 1 atom stereocenters. The van der Waals surface area contributed by atoms with E-state index in [2.05, 4.69) is 39.3 Å². The van der Waals surface area contributed by atoms with Crippen LogP contribution >= 0.6 is 0 Å². The van der Waals surface area contributed by atoms with Gasteiger partial charge in [-0.3, -0.25) is 9.78 Å². The van der Waals surface area contributed by atoms with Gasteiger partial charge in [-0.2, -0.15) is 0 Å². The molecule has 2 fully saturated rings. The molecular formula is C34H39N5O3. The fraction of sp³-hybridized carbons (Fsp3) is 0.382. The SMILES string of the molecule is C=C/C(=C\C1=C(C)CCC(NC(=O)c2cc(Oc3ccccc3)ccn2)c2nccn21)N1CCC2(CCOCC2)CC1. The Balaban J connectivity index is 1.18. The third-order valence-electron chi connectivity index (χ3n) is 8.97. The molecule has 0 aliphatic carbocycles. The molecule has 42 heavy (non-hydrogen) atoms. The number of pyridine rings is 1. The van der Waals surface area contributed by atoms with E-state index in [1.54, 1.807) is 24.5 Å². The Morgan fingerprint density at radius 1 is 1.07 bits per heavy atom. The fourth-order valence-electron chi connectivity index (χ4n) is 6.35. The number of hydrogen-bond donors (Lipinski definition) is 1. The Morgan fingerprint density at radius 3 is 2.62 bits per heavy atom. The zero-order valence-corrected chi connectivity index (χ0v) is 24.3. The lowest BCUT2D eigenvalue weighted by Gasteiger charge is -2.45. The summed E-state index contributed by atoms with van der Waals surface area (Å²) in [6.07, 6.45) is 15.9. The first-order chi connectivity index (χ1) is 20.5. The number of amides is 1. The topological polar surface area (TPSA) is 81.5 Å². The summed E-state index contributed by atoms with van der Waals surface area (Å²) in [5.41, 5.74) is 4.21. The van der Waals surface area contributed by atoms with E-state index in [1.165, 1.54) is 31.3 Å². The van der Waals surface area contributed by atoms with Crippen molar-refractivity contribution >= 4 is 11.6 Å². The minimum absolute atomic E-state index is 0.258. The number of piperidine rings is 1. The van der Waals surface area contributed by atoms with Crippen molar-refractivity contribution in [2.75, 3.05) is 26.3 Å². The number of imidazole rings is 1. The number of fused-ring (bicyclic) bond motifs is 1. The predicted molar refractivity (Wildman–Crippen MR) is 163 cm³/mol. The van der Waals surface area contributed by atoms with Crippen molar-refractivity contribution in [2.24, 2.45) is 5.41 Å². The van der Waals surface area contributed by atoms with Crippen LogP contribution in [0.3, 0.4) is 0 Å². The van der Waals surface area contributed by atoms with Gasteiger partial charge in [0.1, 0.15) is 23.0 Å². The minimum Gasteiger partial charge on any atom is -0.457 e. The van der Waals surface area contributed by atoms with Crippen molar-refractivity contribution in [3.63, 3.8) is 0 Å². The maximum atomic E-state index is 13.4. The van der Waals surface area contributed by atoms with E-state index >= 15 is 0 Å². The number of aromatic nitrogens is 3. The van der Waals surface area contributed by atoms with Crippen LogP contribution in [0.4, 0.5) is 0 Å². The zero-order chi connectivity index (χ0) is 28.9. The molecular weight excluding hydrogens is 526 g/mol. The monoisotopic (exact) mass is 565 g/mol. The van der Waals surface area contributed by atoms with Gasteiger partial charge in [0.2, 0.25) is 0 Å². The Labute approximate surface area is 247 Å². The van der Waals surface area contributed by atoms with Crippen LogP contribution in [0.5, 0.6) is 11.5 Å². The minimum atomic E-state index is -0.260. The van der Waals surface area contributed by atoms with E-state index < -0.39 is 0 Å². The van der Waals surface area contributed by atoms with Gasteiger partial charge in [-0.1, -0.05) is 24.8 Å². The summed E-state index contributed by atoms with van der Waals surface area (Å²) in [4.78, 5) is 24.8. The molecule has 1 aromatic carbocycles. The van der Waals surface area contributed by atoms with Gasteiger partial charge < -0.3 is 24.3 Å². The smallest absolute Gasteiger partial charge is 0.270 e. The molecule has 8 nitrogen and oxygen atoms in total. The first kappa shape index (κ1) is 28.0. The van der Waals surface area contributed by atoms with Crippen molar-refractivity contribution in [2.45, 2.75) is 51.5 Å². The second kappa shape index (κ2) is 12.4. The van der Waals surface area contributed by atoms with E-state index in [0.717, 1.165) is 56.4 Å². The molecule has 2 saturated heterocycles. The highest BCUT2D eigenvalue weighted by Gasteiger charge is 2.36. The second-order valence-electron chi connectivity index (χ2n) is 11.6. The van der Waals surface area contributed by atoms with Crippen LogP contribution in [-0.4, -0.2) is 51.6 Å². The summed E-state index contributed by atoms with van der Waals surface area (Å²) >= 11 is 0. The molecule has 0 saturated carbocycles. The van der Waals surface area contributed by atoms with Crippen molar-refractivity contribution < 1.29 is 14.3 Å². The molecule has 0 bridgehead atoms. The lowest BCUT2D eigenvalue weighted by Crippen LogP contribution is -2.42. The molecule has 6 rings (SSSR count). The fourth-order valence-corrected chi connectivity index (χ4v) is 6.35. The van der Waals surface area contributed by atoms with E-state index in [9.17, 15) is 4.79 Å². The number of hydrogen-bond acceptors (Lipinski definition) is 6. The lowest BCUT2D eigenvalue weighted by atomic mass is 9.72. The number of allylic oxidation sites excluding steroid dienone is 4. The van der Waals surface area contributed by atoms with Crippen molar-refractivity contribution in [3.8, 4) is 11.5 Å². The Hall–Kier alpha value is -4.17. The Morgan fingerprint density at radius 2 is 1.86 bits per heavy atom. The van der Waals surface area contributed by atoms with E-state index in [-0.39, 0.29) is 11.9 Å². The van der Waals surface area contributed by atoms with Crippen LogP contribution in [0.1, 0.15) is 67.8 Å². The van der Waals surface area contributed by atoms with Gasteiger partial charge in [-0.05, 0) is 86.8 Å². The highest BCUT2D eigenvalue weighted by Crippen LogP contribution is 2.41. The molecule has 1 spiro atoms. The molecule has 1 amide bonds. The summed E-state index contributed by atoms with van der Waals surface area (Å²) in [5.74, 6) is 1.82. The molecule has 2 aromatic heterocycles. The van der Waals surface area contributed by atoms with Crippen LogP contribution in [0.25, 0.3) is 5.70 Å². The maximum absolute atomic E-state index is 13.4. The molecule has 1 unspecified atom stereocenters. The average molecular weight is 566 g/mol. The number of para-hydroxylation sites is 1. The number of nitrogens with zero attached hydrogens (tertiary/aromatic N) is 4. The first-order valence-corrected chi connectivity index (χ1v) is 14.9. The van der Waals surface area contributed by atoms with Gasteiger partial charge in [-0.25, -0.2) is 4.98 Å².